The second-order valence-corrected chi connectivity index (χ2v) is 5.41. The van der Waals surface area contributed by atoms with Gasteiger partial charge in [-0.15, -0.1) is 0 Å². The van der Waals surface area contributed by atoms with Crippen molar-refractivity contribution in [1.29, 1.82) is 0 Å². The van der Waals surface area contributed by atoms with E-state index >= 15 is 0 Å². The minimum atomic E-state index is -0.350. The van der Waals surface area contributed by atoms with Crippen molar-refractivity contribution < 1.29 is 14.3 Å². The largest absolute Gasteiger partial charge is 0.469 e. The highest BCUT2D eigenvalue weighted by Crippen LogP contribution is 2.18. The van der Waals surface area contributed by atoms with Crippen LogP contribution in [-0.2, 0) is 27.2 Å². The summed E-state index contributed by atoms with van der Waals surface area (Å²) < 4.78 is 6.36. The van der Waals surface area contributed by atoms with Gasteiger partial charge >= 0.3 is 5.97 Å². The Kier molecular flexibility index (Phi) is 5.09. The molecule has 0 aliphatic rings. The SMILES string of the molecule is COC(=O)Cc1cc(CC=O)n(-c2ccc(C(C)C)cc2)n1. The molecular formula is C17H20N2O3. The van der Waals surface area contributed by atoms with Gasteiger partial charge in [0.2, 0.25) is 0 Å². The van der Waals surface area contributed by atoms with Crippen LogP contribution in [0.3, 0.4) is 0 Å². The molecule has 0 saturated carbocycles. The van der Waals surface area contributed by atoms with Crippen LogP contribution in [0.15, 0.2) is 30.3 Å². The zero-order valence-electron chi connectivity index (χ0n) is 13.1. The molecule has 0 amide bonds. The summed E-state index contributed by atoms with van der Waals surface area (Å²) >= 11 is 0. The summed E-state index contributed by atoms with van der Waals surface area (Å²) in [6.45, 7) is 4.27. The molecule has 0 aliphatic heterocycles. The van der Waals surface area contributed by atoms with Gasteiger partial charge in [-0.05, 0) is 29.7 Å². The van der Waals surface area contributed by atoms with Crippen molar-refractivity contribution in [3.8, 4) is 5.69 Å². The third-order valence-electron chi connectivity index (χ3n) is 3.48. The van der Waals surface area contributed by atoms with Gasteiger partial charge in [0, 0.05) is 6.42 Å². The number of methoxy groups -OCH3 is 1. The van der Waals surface area contributed by atoms with Gasteiger partial charge < -0.3 is 9.53 Å². The molecule has 5 nitrogen and oxygen atoms in total. The lowest BCUT2D eigenvalue weighted by atomic mass is 10.0. The summed E-state index contributed by atoms with van der Waals surface area (Å²) in [5.41, 5.74) is 3.46. The predicted molar refractivity (Wildman–Crippen MR) is 83.1 cm³/mol. The molecule has 0 aliphatic carbocycles. The number of benzene rings is 1. The number of nitrogens with zero attached hydrogens (tertiary/aromatic N) is 2. The molecule has 0 saturated heterocycles. The number of hydrogen-bond acceptors (Lipinski definition) is 4. The first-order chi connectivity index (χ1) is 10.5. The zero-order valence-corrected chi connectivity index (χ0v) is 13.1. The summed E-state index contributed by atoms with van der Waals surface area (Å²) in [5.74, 6) is 0.105. The van der Waals surface area contributed by atoms with Gasteiger partial charge in [0.05, 0.1) is 30.6 Å². The average Bonchev–Trinajstić information content (AvgIpc) is 2.90. The van der Waals surface area contributed by atoms with E-state index in [1.807, 2.05) is 24.3 Å². The zero-order chi connectivity index (χ0) is 16.1. The van der Waals surface area contributed by atoms with Gasteiger partial charge in [0.1, 0.15) is 6.29 Å². The smallest absolute Gasteiger partial charge is 0.311 e. The van der Waals surface area contributed by atoms with Gasteiger partial charge in [-0.1, -0.05) is 26.0 Å². The fourth-order valence-electron chi connectivity index (χ4n) is 2.24. The number of aldehydes is 1. The van der Waals surface area contributed by atoms with Crippen LogP contribution in [0.5, 0.6) is 0 Å². The van der Waals surface area contributed by atoms with Crippen LogP contribution < -0.4 is 0 Å². The highest BCUT2D eigenvalue weighted by molar-refractivity contribution is 5.72. The van der Waals surface area contributed by atoms with Crippen LogP contribution in [0.1, 0.15) is 36.7 Å². The highest BCUT2D eigenvalue weighted by Gasteiger charge is 2.13. The van der Waals surface area contributed by atoms with Crippen molar-refractivity contribution in [3.63, 3.8) is 0 Å². The maximum atomic E-state index is 11.4. The van der Waals surface area contributed by atoms with E-state index in [0.29, 0.717) is 11.6 Å². The van der Waals surface area contributed by atoms with Crippen molar-refractivity contribution in [1.82, 2.24) is 9.78 Å². The van der Waals surface area contributed by atoms with E-state index in [1.54, 1.807) is 10.7 Å². The molecule has 116 valence electrons. The van der Waals surface area contributed by atoms with Crippen molar-refractivity contribution in [2.45, 2.75) is 32.6 Å². The van der Waals surface area contributed by atoms with Crippen LogP contribution in [-0.4, -0.2) is 29.1 Å². The van der Waals surface area contributed by atoms with Crippen LogP contribution in [0.2, 0.25) is 0 Å². The summed E-state index contributed by atoms with van der Waals surface area (Å²) in [5, 5.41) is 4.42. The summed E-state index contributed by atoms with van der Waals surface area (Å²) in [6.07, 6.45) is 1.18. The first kappa shape index (κ1) is 15.9. The summed E-state index contributed by atoms with van der Waals surface area (Å²) in [4.78, 5) is 22.2. The predicted octanol–water partition coefficient (Wildman–Crippen LogP) is 2.45. The van der Waals surface area contributed by atoms with Crippen molar-refractivity contribution >= 4 is 12.3 Å². The number of rotatable bonds is 6. The molecule has 1 aromatic carbocycles. The minimum absolute atomic E-state index is 0.0967. The van der Waals surface area contributed by atoms with Gasteiger partial charge in [-0.2, -0.15) is 5.10 Å². The van der Waals surface area contributed by atoms with Crippen LogP contribution >= 0.6 is 0 Å². The van der Waals surface area contributed by atoms with Crippen molar-refractivity contribution in [3.05, 3.63) is 47.3 Å². The fourth-order valence-corrected chi connectivity index (χ4v) is 2.24. The molecule has 2 aromatic rings. The Hall–Kier alpha value is -2.43. The Labute approximate surface area is 129 Å². The number of carbonyl (C=O) groups is 2. The molecule has 0 spiro atoms. The van der Waals surface area contributed by atoms with Crippen LogP contribution in [0, 0.1) is 0 Å². The highest BCUT2D eigenvalue weighted by atomic mass is 16.5. The normalized spacial score (nSPS) is 10.7. The monoisotopic (exact) mass is 300 g/mol. The second-order valence-electron chi connectivity index (χ2n) is 5.41. The topological polar surface area (TPSA) is 61.2 Å². The summed E-state index contributed by atoms with van der Waals surface area (Å²) in [6, 6.07) is 9.80. The van der Waals surface area contributed by atoms with Crippen molar-refractivity contribution in [2.24, 2.45) is 0 Å². The van der Waals surface area contributed by atoms with E-state index in [-0.39, 0.29) is 18.8 Å². The molecular weight excluding hydrogens is 280 g/mol. The molecule has 0 radical (unpaired) electrons. The molecule has 0 N–H and O–H groups in total. The van der Waals surface area contributed by atoms with E-state index in [0.717, 1.165) is 17.7 Å². The van der Waals surface area contributed by atoms with Gasteiger partial charge in [0.15, 0.2) is 0 Å². The molecule has 22 heavy (non-hydrogen) atoms. The Bertz CT molecular complexity index is 657. The lowest BCUT2D eigenvalue weighted by Gasteiger charge is -2.09. The Morgan fingerprint density at radius 2 is 2.00 bits per heavy atom. The third-order valence-corrected chi connectivity index (χ3v) is 3.48. The average molecular weight is 300 g/mol. The lowest BCUT2D eigenvalue weighted by Crippen LogP contribution is -2.06. The fraction of sp³-hybridized carbons (Fsp3) is 0.353. The number of ether oxygens (including phenoxy) is 1. The second kappa shape index (κ2) is 7.02. The van der Waals surface area contributed by atoms with Crippen LogP contribution in [0.25, 0.3) is 5.69 Å². The molecule has 2 rings (SSSR count). The van der Waals surface area contributed by atoms with E-state index in [2.05, 4.69) is 23.7 Å². The lowest BCUT2D eigenvalue weighted by molar-refractivity contribution is -0.139. The third kappa shape index (κ3) is 3.61. The van der Waals surface area contributed by atoms with Crippen LogP contribution in [0.4, 0.5) is 0 Å². The standard InChI is InChI=1S/C17H20N2O3/c1-12(2)13-4-6-15(7-5-13)19-16(8-9-20)10-14(18-19)11-17(21)22-3/h4-7,9-10,12H,8,11H2,1-3H3. The van der Waals surface area contributed by atoms with Crippen molar-refractivity contribution in [2.75, 3.05) is 7.11 Å². The molecule has 0 unspecified atom stereocenters. The van der Waals surface area contributed by atoms with Gasteiger partial charge in [-0.25, -0.2) is 4.68 Å². The first-order valence-electron chi connectivity index (χ1n) is 7.23. The maximum absolute atomic E-state index is 11.4. The number of carbonyl (C=O) groups excluding carboxylic acids is 2. The quantitative estimate of drug-likeness (QED) is 0.607. The van der Waals surface area contributed by atoms with E-state index in [9.17, 15) is 9.59 Å². The van der Waals surface area contributed by atoms with E-state index in [1.165, 1.54) is 12.7 Å². The molecule has 0 bridgehead atoms. The number of esters is 1. The number of hydrogen-bond donors (Lipinski definition) is 0. The molecule has 1 heterocycles. The minimum Gasteiger partial charge on any atom is -0.469 e. The maximum Gasteiger partial charge on any atom is 0.311 e. The molecule has 1 aromatic heterocycles. The van der Waals surface area contributed by atoms with E-state index < -0.39 is 0 Å². The summed E-state index contributed by atoms with van der Waals surface area (Å²) in [7, 11) is 1.34. The Morgan fingerprint density at radius 3 is 2.55 bits per heavy atom. The molecule has 0 fully saturated rings. The van der Waals surface area contributed by atoms with E-state index in [4.69, 9.17) is 0 Å². The first-order valence-corrected chi connectivity index (χ1v) is 7.23. The molecule has 5 heteroatoms. The Balaban J connectivity index is 2.35. The van der Waals surface area contributed by atoms with Gasteiger partial charge in [-0.3, -0.25) is 4.79 Å². The molecule has 0 atom stereocenters. The van der Waals surface area contributed by atoms with Gasteiger partial charge in [0.25, 0.3) is 0 Å². The number of aromatic nitrogens is 2. The Morgan fingerprint density at radius 1 is 1.32 bits per heavy atom.